The van der Waals surface area contributed by atoms with E-state index in [9.17, 15) is 13.5 Å². The van der Waals surface area contributed by atoms with Gasteiger partial charge in [0.25, 0.3) is 0 Å². The van der Waals surface area contributed by atoms with Gasteiger partial charge in [-0.15, -0.1) is 0 Å². The Balaban J connectivity index is 2.15. The van der Waals surface area contributed by atoms with E-state index in [1.807, 2.05) is 0 Å². The maximum atomic E-state index is 11.8. The summed E-state index contributed by atoms with van der Waals surface area (Å²) in [6.07, 6.45) is 4.20. The molecule has 0 amide bonds. The molecule has 2 unspecified atom stereocenters. The number of hydrogen-bond acceptors (Lipinski definition) is 4. The minimum Gasteiger partial charge on any atom is -0.394 e. The van der Waals surface area contributed by atoms with Crippen molar-refractivity contribution in [1.82, 2.24) is 0 Å². The topological polar surface area (TPSA) is 66.4 Å². The number of rotatable bonds is 5. The largest absolute Gasteiger partial charge is 0.394 e. The Morgan fingerprint density at radius 2 is 2.00 bits per heavy atom. The number of anilines is 1. The molecular weight excluding hydrogens is 286 g/mol. The Morgan fingerprint density at radius 1 is 1.33 bits per heavy atom. The lowest BCUT2D eigenvalue weighted by atomic mass is 9.76. The molecule has 0 spiro atoms. The van der Waals surface area contributed by atoms with Gasteiger partial charge in [-0.2, -0.15) is 0 Å². The number of aliphatic hydroxyl groups is 1. The minimum absolute atomic E-state index is 0.104. The summed E-state index contributed by atoms with van der Waals surface area (Å²) in [5.74, 6) is 0.704. The highest BCUT2D eigenvalue weighted by Crippen LogP contribution is 2.34. The van der Waals surface area contributed by atoms with Crippen LogP contribution in [0.5, 0.6) is 0 Å². The highest BCUT2D eigenvalue weighted by atomic mass is 32.2. The van der Waals surface area contributed by atoms with Crippen LogP contribution in [0.3, 0.4) is 0 Å². The van der Waals surface area contributed by atoms with Crippen molar-refractivity contribution in [2.75, 3.05) is 17.7 Å². The quantitative estimate of drug-likeness (QED) is 0.877. The fourth-order valence-corrected chi connectivity index (χ4v) is 4.06. The van der Waals surface area contributed by atoms with E-state index in [4.69, 9.17) is 0 Å². The Morgan fingerprint density at radius 3 is 2.52 bits per heavy atom. The molecule has 0 heterocycles. The molecule has 0 aliphatic heterocycles. The van der Waals surface area contributed by atoms with Crippen LogP contribution in [0.2, 0.25) is 0 Å². The zero-order valence-electron chi connectivity index (χ0n) is 12.8. The molecule has 21 heavy (non-hydrogen) atoms. The van der Waals surface area contributed by atoms with Crippen molar-refractivity contribution >= 4 is 15.5 Å². The first-order chi connectivity index (χ1) is 9.91. The number of benzene rings is 1. The molecule has 1 aliphatic carbocycles. The normalized spacial score (nSPS) is 26.5. The fourth-order valence-electron chi connectivity index (χ4n) is 3.18. The van der Waals surface area contributed by atoms with Gasteiger partial charge in [-0.3, -0.25) is 0 Å². The number of aliphatic hydroxyl groups excluding tert-OH is 1. The number of nitrogens with one attached hydrogen (secondary N) is 1. The second kappa shape index (κ2) is 6.36. The first kappa shape index (κ1) is 16.3. The Kier molecular flexibility index (Phi) is 4.94. The SMILES string of the molecule is CCS(=O)(=O)c1ccc(NC2(CO)CCCC(C)C2)cc1. The van der Waals surface area contributed by atoms with Crippen LogP contribution in [0.25, 0.3) is 0 Å². The second-order valence-corrected chi connectivity index (χ2v) is 8.47. The fraction of sp³-hybridized carbons (Fsp3) is 0.625. The molecule has 0 bridgehead atoms. The van der Waals surface area contributed by atoms with Crippen molar-refractivity contribution in [3.63, 3.8) is 0 Å². The van der Waals surface area contributed by atoms with Crippen LogP contribution in [-0.4, -0.2) is 31.4 Å². The first-order valence-electron chi connectivity index (χ1n) is 7.63. The van der Waals surface area contributed by atoms with Gasteiger partial charge in [-0.05, 0) is 43.0 Å². The lowest BCUT2D eigenvalue weighted by molar-refractivity contribution is 0.149. The Labute approximate surface area is 127 Å². The van der Waals surface area contributed by atoms with Gasteiger partial charge in [-0.25, -0.2) is 8.42 Å². The van der Waals surface area contributed by atoms with Gasteiger partial charge < -0.3 is 10.4 Å². The Bertz CT molecular complexity index is 568. The molecule has 0 radical (unpaired) electrons. The summed E-state index contributed by atoms with van der Waals surface area (Å²) >= 11 is 0. The molecule has 0 aromatic heterocycles. The van der Waals surface area contributed by atoms with Crippen molar-refractivity contribution in [3.8, 4) is 0 Å². The van der Waals surface area contributed by atoms with Gasteiger partial charge in [0.1, 0.15) is 0 Å². The summed E-state index contributed by atoms with van der Waals surface area (Å²) in [7, 11) is -3.15. The van der Waals surface area contributed by atoms with E-state index >= 15 is 0 Å². The minimum atomic E-state index is -3.15. The molecule has 2 N–H and O–H groups in total. The maximum absolute atomic E-state index is 11.8. The van der Waals surface area contributed by atoms with Crippen LogP contribution >= 0.6 is 0 Å². The van der Waals surface area contributed by atoms with Crippen molar-refractivity contribution < 1.29 is 13.5 Å². The molecule has 4 nitrogen and oxygen atoms in total. The summed E-state index contributed by atoms with van der Waals surface area (Å²) in [5, 5.41) is 13.2. The van der Waals surface area contributed by atoms with E-state index in [1.165, 1.54) is 6.42 Å². The lowest BCUT2D eigenvalue weighted by Crippen LogP contribution is -2.45. The summed E-state index contributed by atoms with van der Waals surface area (Å²) in [6.45, 7) is 3.96. The average Bonchev–Trinajstić information content (AvgIpc) is 2.48. The predicted octanol–water partition coefficient (Wildman–Crippen LogP) is 2.83. The molecule has 0 saturated heterocycles. The van der Waals surface area contributed by atoms with Crippen LogP contribution in [0.15, 0.2) is 29.2 Å². The second-order valence-electron chi connectivity index (χ2n) is 6.19. The summed E-state index contributed by atoms with van der Waals surface area (Å²) < 4.78 is 23.6. The highest BCUT2D eigenvalue weighted by molar-refractivity contribution is 7.91. The van der Waals surface area contributed by atoms with E-state index in [0.29, 0.717) is 10.8 Å². The molecule has 1 aromatic rings. The molecular formula is C16H25NO3S. The number of sulfone groups is 1. The molecule has 2 atom stereocenters. The van der Waals surface area contributed by atoms with Crippen LogP contribution in [0.1, 0.15) is 39.5 Å². The van der Waals surface area contributed by atoms with Crippen molar-refractivity contribution in [1.29, 1.82) is 0 Å². The van der Waals surface area contributed by atoms with Crippen LogP contribution in [0.4, 0.5) is 5.69 Å². The smallest absolute Gasteiger partial charge is 0.178 e. The molecule has 1 fully saturated rings. The highest BCUT2D eigenvalue weighted by Gasteiger charge is 2.34. The molecule has 1 aliphatic rings. The lowest BCUT2D eigenvalue weighted by Gasteiger charge is -2.40. The summed E-state index contributed by atoms with van der Waals surface area (Å²) in [6, 6.07) is 6.86. The van der Waals surface area contributed by atoms with Gasteiger partial charge in [0, 0.05) is 5.69 Å². The first-order valence-corrected chi connectivity index (χ1v) is 9.28. The number of hydrogen-bond donors (Lipinski definition) is 2. The van der Waals surface area contributed by atoms with Gasteiger partial charge in [0.2, 0.25) is 0 Å². The summed E-state index contributed by atoms with van der Waals surface area (Å²) in [4.78, 5) is 0.352. The van der Waals surface area contributed by atoms with Crippen LogP contribution < -0.4 is 5.32 Å². The average molecular weight is 311 g/mol. The van der Waals surface area contributed by atoms with E-state index in [1.54, 1.807) is 31.2 Å². The van der Waals surface area contributed by atoms with E-state index < -0.39 is 9.84 Å². The van der Waals surface area contributed by atoms with Gasteiger partial charge in [0.05, 0.1) is 22.8 Å². The zero-order chi connectivity index (χ0) is 15.5. The molecule has 2 rings (SSSR count). The molecule has 1 saturated carbocycles. The third kappa shape index (κ3) is 3.77. The van der Waals surface area contributed by atoms with Gasteiger partial charge in [-0.1, -0.05) is 26.7 Å². The van der Waals surface area contributed by atoms with E-state index in [-0.39, 0.29) is 17.9 Å². The van der Waals surface area contributed by atoms with E-state index in [2.05, 4.69) is 12.2 Å². The van der Waals surface area contributed by atoms with E-state index in [0.717, 1.165) is 24.9 Å². The Hall–Kier alpha value is -1.07. The molecule has 5 heteroatoms. The zero-order valence-corrected chi connectivity index (χ0v) is 13.6. The molecule has 1 aromatic carbocycles. The maximum Gasteiger partial charge on any atom is 0.178 e. The monoisotopic (exact) mass is 311 g/mol. The third-order valence-electron chi connectivity index (χ3n) is 4.40. The van der Waals surface area contributed by atoms with Crippen molar-refractivity contribution in [3.05, 3.63) is 24.3 Å². The summed E-state index contributed by atoms with van der Waals surface area (Å²) in [5.41, 5.74) is 0.594. The van der Waals surface area contributed by atoms with Crippen LogP contribution in [-0.2, 0) is 9.84 Å². The van der Waals surface area contributed by atoms with Crippen LogP contribution in [0, 0.1) is 5.92 Å². The van der Waals surface area contributed by atoms with Gasteiger partial charge >= 0.3 is 0 Å². The van der Waals surface area contributed by atoms with Gasteiger partial charge in [0.15, 0.2) is 9.84 Å². The standard InChI is InChI=1S/C16H25NO3S/c1-3-21(19,20)15-8-6-14(7-9-15)17-16(12-18)10-4-5-13(2)11-16/h6-9,13,17-18H,3-5,10-12H2,1-2H3. The third-order valence-corrected chi connectivity index (χ3v) is 6.15. The molecule has 118 valence electrons. The van der Waals surface area contributed by atoms with Crippen molar-refractivity contribution in [2.24, 2.45) is 5.92 Å². The predicted molar refractivity (Wildman–Crippen MR) is 85.2 cm³/mol. The van der Waals surface area contributed by atoms with Crippen molar-refractivity contribution in [2.45, 2.75) is 50.0 Å².